The Hall–Kier alpha value is -1.09. The predicted octanol–water partition coefficient (Wildman–Crippen LogP) is 0.470. The summed E-state index contributed by atoms with van der Waals surface area (Å²) in [4.78, 5) is 0. The number of aromatic nitrogens is 1. The molecule has 0 amide bonds. The van der Waals surface area contributed by atoms with E-state index >= 15 is 0 Å². The van der Waals surface area contributed by atoms with Crippen molar-refractivity contribution in [3.05, 3.63) is 35.3 Å². The lowest BCUT2D eigenvalue weighted by Crippen LogP contribution is -2.26. The van der Waals surface area contributed by atoms with Crippen LogP contribution in [0, 0.1) is 5.21 Å². The third-order valence-corrected chi connectivity index (χ3v) is 1.91. The van der Waals surface area contributed by atoms with Gasteiger partial charge in [0.25, 0.3) is 0 Å². The van der Waals surface area contributed by atoms with E-state index in [0.29, 0.717) is 6.04 Å². The number of hydrogen-bond acceptors (Lipinski definition) is 2. The largest absolute Gasteiger partial charge is 0.619 e. The fourth-order valence-electron chi connectivity index (χ4n) is 1.04. The number of pyridine rings is 1. The van der Waals surface area contributed by atoms with Gasteiger partial charge in [-0.25, -0.2) is 0 Å². The van der Waals surface area contributed by atoms with Crippen molar-refractivity contribution in [2.24, 2.45) is 0 Å². The van der Waals surface area contributed by atoms with Gasteiger partial charge in [-0.15, -0.1) is 0 Å². The Labute approximate surface area is 72.6 Å². The van der Waals surface area contributed by atoms with Gasteiger partial charge >= 0.3 is 0 Å². The van der Waals surface area contributed by atoms with Gasteiger partial charge in [-0.3, -0.25) is 0 Å². The van der Waals surface area contributed by atoms with Crippen LogP contribution in [-0.2, 0) is 6.42 Å². The van der Waals surface area contributed by atoms with Gasteiger partial charge in [-0.2, -0.15) is 4.73 Å². The van der Waals surface area contributed by atoms with Gasteiger partial charge < -0.3 is 10.5 Å². The summed E-state index contributed by atoms with van der Waals surface area (Å²) in [6, 6.07) is 4.15. The summed E-state index contributed by atoms with van der Waals surface area (Å²) in [6.07, 6.45) is 4.01. The first-order valence-corrected chi connectivity index (χ1v) is 4.07. The van der Waals surface area contributed by atoms with Crippen LogP contribution in [-0.4, -0.2) is 13.1 Å². The van der Waals surface area contributed by atoms with Crippen LogP contribution in [0.3, 0.4) is 0 Å². The second kappa shape index (κ2) is 4.07. The quantitative estimate of drug-likeness (QED) is 0.523. The van der Waals surface area contributed by atoms with Crippen molar-refractivity contribution in [2.75, 3.05) is 7.05 Å². The molecule has 0 spiro atoms. The first-order chi connectivity index (χ1) is 5.72. The number of likely N-dealkylation sites (N-methyl/N-ethyl adjacent to an activating group) is 1. The zero-order chi connectivity index (χ0) is 8.97. The average molecular weight is 166 g/mol. The maximum Gasteiger partial charge on any atom is 0.180 e. The van der Waals surface area contributed by atoms with Crippen molar-refractivity contribution in [3.8, 4) is 0 Å². The van der Waals surface area contributed by atoms with Crippen LogP contribution in [0.2, 0.25) is 0 Å². The van der Waals surface area contributed by atoms with E-state index in [9.17, 15) is 5.21 Å². The minimum absolute atomic E-state index is 0.451. The van der Waals surface area contributed by atoms with Gasteiger partial charge in [0, 0.05) is 18.2 Å². The van der Waals surface area contributed by atoms with Crippen LogP contribution < -0.4 is 10.0 Å². The summed E-state index contributed by atoms with van der Waals surface area (Å²) < 4.78 is 0.799. The Balaban J connectivity index is 2.58. The molecule has 0 fully saturated rings. The van der Waals surface area contributed by atoms with Gasteiger partial charge in [-0.1, -0.05) is 0 Å². The maximum atomic E-state index is 10.7. The van der Waals surface area contributed by atoms with Crippen molar-refractivity contribution < 1.29 is 4.73 Å². The van der Waals surface area contributed by atoms with E-state index in [1.807, 2.05) is 19.2 Å². The van der Waals surface area contributed by atoms with E-state index in [1.165, 1.54) is 18.0 Å². The average Bonchev–Trinajstić information content (AvgIpc) is 2.09. The lowest BCUT2D eigenvalue weighted by molar-refractivity contribution is -0.605. The smallest absolute Gasteiger partial charge is 0.180 e. The summed E-state index contributed by atoms with van der Waals surface area (Å²) in [5.74, 6) is 0. The Morgan fingerprint density at radius 2 is 2.08 bits per heavy atom. The van der Waals surface area contributed by atoms with Gasteiger partial charge in [0.2, 0.25) is 0 Å². The first kappa shape index (κ1) is 9.00. The Bertz CT molecular complexity index is 233. The number of hydrogen-bond donors (Lipinski definition) is 1. The molecule has 0 aliphatic heterocycles. The molecule has 1 atom stereocenters. The lowest BCUT2D eigenvalue weighted by Gasteiger charge is -2.08. The van der Waals surface area contributed by atoms with E-state index < -0.39 is 0 Å². The highest BCUT2D eigenvalue weighted by Gasteiger charge is 2.00. The highest BCUT2D eigenvalue weighted by molar-refractivity contribution is 5.08. The molecule has 1 aromatic rings. The highest BCUT2D eigenvalue weighted by atomic mass is 16.5. The molecule has 1 heterocycles. The van der Waals surface area contributed by atoms with Gasteiger partial charge in [0.05, 0.1) is 0 Å². The zero-order valence-electron chi connectivity index (χ0n) is 7.45. The van der Waals surface area contributed by atoms with Crippen LogP contribution in [0.1, 0.15) is 12.5 Å². The monoisotopic (exact) mass is 166 g/mol. The summed E-state index contributed by atoms with van der Waals surface area (Å²) >= 11 is 0. The van der Waals surface area contributed by atoms with Gasteiger partial charge in [0.1, 0.15) is 0 Å². The van der Waals surface area contributed by atoms with Crippen LogP contribution in [0.15, 0.2) is 24.5 Å². The van der Waals surface area contributed by atoms with Crippen molar-refractivity contribution in [1.82, 2.24) is 5.32 Å². The molecule has 1 N–H and O–H groups in total. The van der Waals surface area contributed by atoms with Crippen LogP contribution in [0.25, 0.3) is 0 Å². The topological polar surface area (TPSA) is 39.0 Å². The van der Waals surface area contributed by atoms with Crippen molar-refractivity contribution in [1.29, 1.82) is 0 Å². The van der Waals surface area contributed by atoms with E-state index in [0.717, 1.165) is 11.2 Å². The van der Waals surface area contributed by atoms with Crippen molar-refractivity contribution in [3.63, 3.8) is 0 Å². The Morgan fingerprint density at radius 3 is 2.58 bits per heavy atom. The molecule has 1 rings (SSSR count). The first-order valence-electron chi connectivity index (χ1n) is 4.07. The van der Waals surface area contributed by atoms with Crippen molar-refractivity contribution >= 4 is 0 Å². The standard InChI is InChI=1S/C9H14N2O/c1-8(10-2)7-9-3-5-11(12)6-4-9/h3-6,8,10H,7H2,1-2H3. The SMILES string of the molecule is CNC(C)Cc1cc[n+]([O-])cc1. The van der Waals surface area contributed by atoms with Crippen molar-refractivity contribution in [2.45, 2.75) is 19.4 Å². The zero-order valence-corrected chi connectivity index (χ0v) is 7.45. The molecular weight excluding hydrogens is 152 g/mol. The van der Waals surface area contributed by atoms with E-state index in [-0.39, 0.29) is 0 Å². The second-order valence-electron chi connectivity index (χ2n) is 2.96. The number of rotatable bonds is 3. The molecule has 0 aliphatic carbocycles. The predicted molar refractivity (Wildman–Crippen MR) is 47.6 cm³/mol. The normalized spacial score (nSPS) is 12.8. The molecule has 0 saturated heterocycles. The molecule has 1 unspecified atom stereocenters. The third kappa shape index (κ3) is 2.51. The summed E-state index contributed by atoms with van der Waals surface area (Å²) in [5.41, 5.74) is 1.18. The molecule has 0 saturated carbocycles. The molecular formula is C9H14N2O. The lowest BCUT2D eigenvalue weighted by atomic mass is 10.1. The van der Waals surface area contributed by atoms with Crippen LogP contribution in [0.5, 0.6) is 0 Å². The van der Waals surface area contributed by atoms with Crippen LogP contribution in [0.4, 0.5) is 0 Å². The fraction of sp³-hybridized carbons (Fsp3) is 0.444. The minimum Gasteiger partial charge on any atom is -0.619 e. The molecule has 0 radical (unpaired) electrons. The summed E-state index contributed by atoms with van der Waals surface area (Å²) in [5, 5.41) is 13.8. The molecule has 0 bridgehead atoms. The molecule has 3 nitrogen and oxygen atoms in total. The van der Waals surface area contributed by atoms with Crippen LogP contribution >= 0.6 is 0 Å². The number of nitrogens with one attached hydrogen (secondary N) is 1. The Kier molecular flexibility index (Phi) is 3.05. The maximum absolute atomic E-state index is 10.7. The highest BCUT2D eigenvalue weighted by Crippen LogP contribution is 1.99. The molecule has 0 aliphatic rings. The number of nitrogens with zero attached hydrogens (tertiary/aromatic N) is 1. The van der Waals surface area contributed by atoms with Gasteiger partial charge in [0.15, 0.2) is 12.4 Å². The third-order valence-electron chi connectivity index (χ3n) is 1.91. The van der Waals surface area contributed by atoms with E-state index in [2.05, 4.69) is 12.2 Å². The molecule has 12 heavy (non-hydrogen) atoms. The molecule has 0 aromatic carbocycles. The summed E-state index contributed by atoms with van der Waals surface area (Å²) in [7, 11) is 1.93. The summed E-state index contributed by atoms with van der Waals surface area (Å²) in [6.45, 7) is 2.11. The van der Waals surface area contributed by atoms with E-state index in [1.54, 1.807) is 0 Å². The second-order valence-corrected chi connectivity index (χ2v) is 2.96. The molecule has 1 aromatic heterocycles. The molecule has 3 heteroatoms. The Morgan fingerprint density at radius 1 is 1.50 bits per heavy atom. The van der Waals surface area contributed by atoms with Gasteiger partial charge in [-0.05, 0) is 26.0 Å². The van der Waals surface area contributed by atoms with E-state index in [4.69, 9.17) is 0 Å². The minimum atomic E-state index is 0.451. The molecule has 66 valence electrons. The fourth-order valence-corrected chi connectivity index (χ4v) is 1.04.